The predicted molar refractivity (Wildman–Crippen MR) is 98.7 cm³/mol. The summed E-state index contributed by atoms with van der Waals surface area (Å²) in [5.41, 5.74) is 0. The maximum Gasteiger partial charge on any atom is 0.437 e. The van der Waals surface area contributed by atoms with Gasteiger partial charge in [-0.2, -0.15) is 4.68 Å². The van der Waals surface area contributed by atoms with Crippen molar-refractivity contribution in [1.29, 1.82) is 0 Å². The molecule has 2 aliphatic rings. The Bertz CT molecular complexity index is 808. The highest BCUT2D eigenvalue weighted by atomic mass is 32.2. The van der Waals surface area contributed by atoms with Crippen molar-refractivity contribution in [2.24, 2.45) is 0 Å². The van der Waals surface area contributed by atoms with Crippen molar-refractivity contribution in [1.82, 2.24) is 24.9 Å². The Morgan fingerprint density at radius 1 is 1.39 bits per heavy atom. The summed E-state index contributed by atoms with van der Waals surface area (Å²) in [5.74, 6) is -0.285. The fraction of sp³-hybridized carbons (Fsp3) is 0.688. The van der Waals surface area contributed by atoms with Crippen molar-refractivity contribution in [2.45, 2.75) is 25.6 Å². The maximum absolute atomic E-state index is 12.9. The van der Waals surface area contributed by atoms with Gasteiger partial charge in [-0.1, -0.05) is 0 Å². The summed E-state index contributed by atoms with van der Waals surface area (Å²) < 4.78 is 11.2. The van der Waals surface area contributed by atoms with Crippen LogP contribution in [-0.4, -0.2) is 94.2 Å². The second kappa shape index (κ2) is 8.78. The van der Waals surface area contributed by atoms with Crippen LogP contribution < -0.4 is 11.1 Å². The molecular weight excluding hydrogens is 390 g/mol. The van der Waals surface area contributed by atoms with E-state index >= 15 is 0 Å². The number of nitrogens with zero attached hydrogens (tertiary/aromatic N) is 4. The van der Waals surface area contributed by atoms with Gasteiger partial charge in [0.2, 0.25) is 23.6 Å². The highest BCUT2D eigenvalue weighted by Crippen LogP contribution is 2.15. The normalized spacial score (nSPS) is 22.6. The Kier molecular flexibility index (Phi) is 6.39. The molecule has 0 spiro atoms. The summed E-state index contributed by atoms with van der Waals surface area (Å²) >= 11 is 1.42. The third kappa shape index (κ3) is 4.73. The number of aromatic nitrogens is 2. The molecule has 2 atom stereocenters. The third-order valence-corrected chi connectivity index (χ3v) is 5.60. The van der Waals surface area contributed by atoms with Gasteiger partial charge in [0.1, 0.15) is 12.6 Å². The quantitative estimate of drug-likeness (QED) is 0.591. The number of hydrogen-bond acceptors (Lipinski definition) is 8. The van der Waals surface area contributed by atoms with Crippen LogP contribution >= 0.6 is 11.8 Å². The molecule has 2 aliphatic heterocycles. The smallest absolute Gasteiger partial charge is 0.393 e. The number of thioether (sulfide) groups is 1. The van der Waals surface area contributed by atoms with Crippen molar-refractivity contribution in [3.63, 3.8) is 0 Å². The minimum absolute atomic E-state index is 0.153. The Morgan fingerprint density at radius 3 is 2.86 bits per heavy atom. The number of nitrogens with one attached hydrogen (secondary N) is 1. The molecule has 2 fully saturated rings. The van der Waals surface area contributed by atoms with Gasteiger partial charge in [-0.05, 0) is 0 Å². The Balaban J connectivity index is 1.62. The molecule has 3 heterocycles. The van der Waals surface area contributed by atoms with Gasteiger partial charge < -0.3 is 24.3 Å². The molecule has 0 radical (unpaired) electrons. The standard InChI is InChI=1S/C16H23N5O6S/c1-10-18-21(16(25)27-10)6-14(23)19(2)5-11-7-26-4-3-20(11)15(24)12-8-28-9-13(22)17-12/h11-12H,3-9H2,1-2H3,(H,17,22)/t11?,12-/m0/s1. The first-order chi connectivity index (χ1) is 13.3. The number of carbonyl (C=O) groups excluding carboxylic acids is 3. The van der Waals surface area contributed by atoms with E-state index in [-0.39, 0.29) is 42.7 Å². The molecule has 0 aliphatic carbocycles. The Morgan fingerprint density at radius 2 is 2.18 bits per heavy atom. The van der Waals surface area contributed by atoms with Crippen LogP contribution in [0.1, 0.15) is 5.89 Å². The van der Waals surface area contributed by atoms with E-state index < -0.39 is 11.8 Å². The molecule has 11 nitrogen and oxygen atoms in total. The van der Waals surface area contributed by atoms with E-state index in [1.165, 1.54) is 23.6 Å². The summed E-state index contributed by atoms with van der Waals surface area (Å²) in [6, 6.07) is -0.903. The van der Waals surface area contributed by atoms with Crippen LogP contribution in [0.3, 0.4) is 0 Å². The minimum atomic E-state index is -0.692. The van der Waals surface area contributed by atoms with Gasteiger partial charge in [-0.15, -0.1) is 16.9 Å². The third-order valence-electron chi connectivity index (χ3n) is 4.56. The van der Waals surface area contributed by atoms with Gasteiger partial charge in [-0.25, -0.2) is 4.79 Å². The van der Waals surface area contributed by atoms with Crippen molar-refractivity contribution in [2.75, 3.05) is 44.9 Å². The first kappa shape index (κ1) is 20.4. The van der Waals surface area contributed by atoms with Gasteiger partial charge >= 0.3 is 5.76 Å². The summed E-state index contributed by atoms with van der Waals surface area (Å²) in [7, 11) is 1.59. The predicted octanol–water partition coefficient (Wildman–Crippen LogP) is -1.94. The molecule has 3 amide bonds. The first-order valence-corrected chi connectivity index (χ1v) is 10.0. The number of aryl methyl sites for hydroxylation is 1. The van der Waals surface area contributed by atoms with Gasteiger partial charge in [0, 0.05) is 32.8 Å². The van der Waals surface area contributed by atoms with E-state index in [2.05, 4.69) is 10.4 Å². The van der Waals surface area contributed by atoms with Gasteiger partial charge in [0.15, 0.2) is 0 Å². The maximum atomic E-state index is 12.9. The van der Waals surface area contributed by atoms with Crippen LogP contribution in [0.2, 0.25) is 0 Å². The highest BCUT2D eigenvalue weighted by molar-refractivity contribution is 8.00. The summed E-state index contributed by atoms with van der Waals surface area (Å²) in [4.78, 5) is 51.6. The number of rotatable bonds is 5. The molecule has 0 aromatic carbocycles. The fourth-order valence-electron chi connectivity index (χ4n) is 3.15. The van der Waals surface area contributed by atoms with Crippen molar-refractivity contribution < 1.29 is 23.5 Å². The molecule has 1 aromatic heterocycles. The van der Waals surface area contributed by atoms with Crippen LogP contribution in [0.25, 0.3) is 0 Å². The lowest BCUT2D eigenvalue weighted by Gasteiger charge is -2.39. The lowest BCUT2D eigenvalue weighted by molar-refractivity contribution is -0.146. The molecule has 0 bridgehead atoms. The van der Waals surface area contributed by atoms with Crippen LogP contribution in [0.15, 0.2) is 9.21 Å². The second-order valence-electron chi connectivity index (χ2n) is 6.71. The van der Waals surface area contributed by atoms with Crippen molar-refractivity contribution in [3.05, 3.63) is 16.4 Å². The van der Waals surface area contributed by atoms with E-state index in [4.69, 9.17) is 9.15 Å². The lowest BCUT2D eigenvalue weighted by Crippen LogP contribution is -2.60. The second-order valence-corrected chi connectivity index (χ2v) is 7.74. The average Bonchev–Trinajstić information content (AvgIpc) is 2.98. The van der Waals surface area contributed by atoms with Crippen molar-refractivity contribution >= 4 is 29.5 Å². The minimum Gasteiger partial charge on any atom is -0.393 e. The molecular formula is C16H23N5O6S. The summed E-state index contributed by atoms with van der Waals surface area (Å²) in [6.45, 7) is 2.61. The molecule has 0 saturated carbocycles. The van der Waals surface area contributed by atoms with Crippen LogP contribution in [0.5, 0.6) is 0 Å². The number of likely N-dealkylation sites (N-methyl/N-ethyl adjacent to an activating group) is 1. The number of amides is 3. The molecule has 1 aromatic rings. The van der Waals surface area contributed by atoms with Gasteiger partial charge in [0.25, 0.3) is 0 Å². The van der Waals surface area contributed by atoms with Crippen LogP contribution in [0.4, 0.5) is 0 Å². The van der Waals surface area contributed by atoms with Crippen LogP contribution in [-0.2, 0) is 25.7 Å². The monoisotopic (exact) mass is 413 g/mol. The molecule has 12 heteroatoms. The zero-order valence-corrected chi connectivity index (χ0v) is 16.6. The average molecular weight is 413 g/mol. The zero-order chi connectivity index (χ0) is 20.3. The topological polar surface area (TPSA) is 127 Å². The molecule has 154 valence electrons. The van der Waals surface area contributed by atoms with Gasteiger partial charge in [0.05, 0.1) is 25.0 Å². The fourth-order valence-corrected chi connectivity index (χ4v) is 4.00. The molecule has 3 rings (SSSR count). The SMILES string of the molecule is Cc1nn(CC(=O)N(C)CC2COCCN2C(=O)[C@@H]2CSCC(=O)N2)c(=O)o1. The number of hydrogen-bond donors (Lipinski definition) is 1. The largest absolute Gasteiger partial charge is 0.437 e. The highest BCUT2D eigenvalue weighted by Gasteiger charge is 2.35. The summed E-state index contributed by atoms with van der Waals surface area (Å²) in [6.07, 6.45) is 0. The first-order valence-electron chi connectivity index (χ1n) is 8.89. The molecule has 1 N–H and O–H groups in total. The summed E-state index contributed by atoms with van der Waals surface area (Å²) in [5, 5.41) is 6.57. The van der Waals surface area contributed by atoms with E-state index in [1.807, 2.05) is 0 Å². The zero-order valence-electron chi connectivity index (χ0n) is 15.8. The lowest BCUT2D eigenvalue weighted by atomic mass is 10.1. The molecule has 2 saturated heterocycles. The van der Waals surface area contributed by atoms with E-state index in [0.717, 1.165) is 4.68 Å². The Hall–Kier alpha value is -2.34. The van der Waals surface area contributed by atoms with E-state index in [1.54, 1.807) is 11.9 Å². The van der Waals surface area contributed by atoms with Crippen molar-refractivity contribution in [3.8, 4) is 0 Å². The number of carbonyl (C=O) groups is 3. The molecule has 28 heavy (non-hydrogen) atoms. The number of ether oxygens (including phenoxy) is 1. The Labute approximate surface area is 165 Å². The van der Waals surface area contributed by atoms with E-state index in [9.17, 15) is 19.2 Å². The number of morpholine rings is 1. The molecule has 1 unspecified atom stereocenters. The van der Waals surface area contributed by atoms with Gasteiger partial charge in [-0.3, -0.25) is 14.4 Å². The van der Waals surface area contributed by atoms with Crippen LogP contribution in [0, 0.1) is 6.92 Å². The van der Waals surface area contributed by atoms with E-state index in [0.29, 0.717) is 31.3 Å².